The minimum atomic E-state index is -0.559. The van der Waals surface area contributed by atoms with Gasteiger partial charge in [0.1, 0.15) is 11.5 Å². The van der Waals surface area contributed by atoms with Gasteiger partial charge in [-0.05, 0) is 56.5 Å². The molecule has 0 aliphatic carbocycles. The number of hydrogen-bond acceptors (Lipinski definition) is 3. The molecular weight excluding hydrogens is 302 g/mol. The van der Waals surface area contributed by atoms with E-state index in [4.69, 9.17) is 9.47 Å². The highest BCUT2D eigenvalue weighted by Gasteiger charge is 2.20. The van der Waals surface area contributed by atoms with Crippen molar-refractivity contribution in [2.24, 2.45) is 0 Å². The molecule has 24 heavy (non-hydrogen) atoms. The van der Waals surface area contributed by atoms with Crippen molar-refractivity contribution < 1.29 is 14.3 Å². The number of amides is 1. The highest BCUT2D eigenvalue weighted by atomic mass is 16.5. The summed E-state index contributed by atoms with van der Waals surface area (Å²) in [4.78, 5) is 12.6. The quantitative estimate of drug-likeness (QED) is 0.854. The van der Waals surface area contributed by atoms with Gasteiger partial charge in [-0.25, -0.2) is 0 Å². The molecule has 0 saturated heterocycles. The van der Waals surface area contributed by atoms with Crippen LogP contribution in [0.1, 0.15) is 30.0 Å². The van der Waals surface area contributed by atoms with Crippen molar-refractivity contribution in [3.05, 3.63) is 53.1 Å². The highest BCUT2D eigenvalue weighted by molar-refractivity contribution is 5.95. The van der Waals surface area contributed by atoms with Gasteiger partial charge in [0.05, 0.1) is 12.8 Å². The molecule has 0 saturated carbocycles. The predicted molar refractivity (Wildman–Crippen MR) is 97.0 cm³/mol. The van der Waals surface area contributed by atoms with Crippen LogP contribution in [-0.2, 0) is 4.79 Å². The van der Waals surface area contributed by atoms with E-state index in [0.717, 1.165) is 16.9 Å². The Morgan fingerprint density at radius 2 is 1.67 bits per heavy atom. The lowest BCUT2D eigenvalue weighted by Gasteiger charge is -2.20. The van der Waals surface area contributed by atoms with Gasteiger partial charge in [-0.2, -0.15) is 0 Å². The summed E-state index contributed by atoms with van der Waals surface area (Å²) < 4.78 is 11.2. The van der Waals surface area contributed by atoms with Gasteiger partial charge in [0.25, 0.3) is 5.91 Å². The molecule has 0 radical (unpaired) electrons. The Balaban J connectivity index is 2.16. The maximum atomic E-state index is 12.6. The van der Waals surface area contributed by atoms with E-state index in [1.165, 1.54) is 5.56 Å². The SMILES string of the molecule is CC[C@H](Oc1ccc(C)cc1C)C(=O)Nc1cc(C)ccc1OC. The van der Waals surface area contributed by atoms with Gasteiger partial charge in [-0.3, -0.25) is 4.79 Å². The highest BCUT2D eigenvalue weighted by Crippen LogP contribution is 2.26. The van der Waals surface area contributed by atoms with E-state index in [9.17, 15) is 4.79 Å². The van der Waals surface area contributed by atoms with Gasteiger partial charge in [0, 0.05) is 0 Å². The number of carbonyl (C=O) groups is 1. The van der Waals surface area contributed by atoms with Crippen LogP contribution in [-0.4, -0.2) is 19.1 Å². The number of methoxy groups -OCH3 is 1. The molecule has 128 valence electrons. The van der Waals surface area contributed by atoms with E-state index in [0.29, 0.717) is 17.9 Å². The van der Waals surface area contributed by atoms with Crippen LogP contribution in [0.2, 0.25) is 0 Å². The summed E-state index contributed by atoms with van der Waals surface area (Å²) >= 11 is 0. The number of nitrogens with one attached hydrogen (secondary N) is 1. The zero-order chi connectivity index (χ0) is 17.7. The van der Waals surface area contributed by atoms with E-state index in [-0.39, 0.29) is 5.91 Å². The molecule has 0 bridgehead atoms. The van der Waals surface area contributed by atoms with Gasteiger partial charge in [-0.1, -0.05) is 30.7 Å². The van der Waals surface area contributed by atoms with Gasteiger partial charge in [0.15, 0.2) is 6.10 Å². The minimum Gasteiger partial charge on any atom is -0.495 e. The number of rotatable bonds is 6. The van der Waals surface area contributed by atoms with Crippen LogP contribution in [0, 0.1) is 20.8 Å². The van der Waals surface area contributed by atoms with Crippen LogP contribution in [0.25, 0.3) is 0 Å². The van der Waals surface area contributed by atoms with Crippen LogP contribution in [0.5, 0.6) is 11.5 Å². The predicted octanol–water partition coefficient (Wildman–Crippen LogP) is 4.42. The molecule has 1 N–H and O–H groups in total. The zero-order valence-electron chi connectivity index (χ0n) is 15.0. The first-order valence-corrected chi connectivity index (χ1v) is 8.14. The van der Waals surface area contributed by atoms with Crippen LogP contribution < -0.4 is 14.8 Å². The third kappa shape index (κ3) is 4.28. The summed E-state index contributed by atoms with van der Waals surface area (Å²) in [5, 5.41) is 2.92. The lowest BCUT2D eigenvalue weighted by Crippen LogP contribution is -2.32. The number of carbonyl (C=O) groups excluding carboxylic acids is 1. The van der Waals surface area contributed by atoms with Crippen molar-refractivity contribution in [2.45, 2.75) is 40.2 Å². The van der Waals surface area contributed by atoms with Gasteiger partial charge >= 0.3 is 0 Å². The molecule has 1 amide bonds. The largest absolute Gasteiger partial charge is 0.495 e. The zero-order valence-corrected chi connectivity index (χ0v) is 15.0. The Morgan fingerprint density at radius 3 is 2.25 bits per heavy atom. The number of ether oxygens (including phenoxy) is 2. The summed E-state index contributed by atoms with van der Waals surface area (Å²) in [7, 11) is 1.59. The third-order valence-electron chi connectivity index (χ3n) is 3.88. The minimum absolute atomic E-state index is 0.179. The van der Waals surface area contributed by atoms with E-state index in [1.54, 1.807) is 7.11 Å². The van der Waals surface area contributed by atoms with E-state index in [1.807, 2.05) is 64.1 Å². The second-order valence-corrected chi connectivity index (χ2v) is 5.98. The molecule has 0 aliphatic heterocycles. The Bertz CT molecular complexity index is 725. The lowest BCUT2D eigenvalue weighted by atomic mass is 10.1. The molecule has 4 nitrogen and oxygen atoms in total. The van der Waals surface area contributed by atoms with Crippen molar-refractivity contribution in [3.63, 3.8) is 0 Å². The number of anilines is 1. The smallest absolute Gasteiger partial charge is 0.265 e. The second-order valence-electron chi connectivity index (χ2n) is 5.98. The molecule has 4 heteroatoms. The number of hydrogen-bond donors (Lipinski definition) is 1. The first kappa shape index (κ1) is 17.9. The number of benzene rings is 2. The van der Waals surface area contributed by atoms with Crippen LogP contribution >= 0.6 is 0 Å². The summed E-state index contributed by atoms with van der Waals surface area (Å²) in [6.45, 7) is 7.92. The second kappa shape index (κ2) is 7.86. The molecule has 0 spiro atoms. The summed E-state index contributed by atoms with van der Waals surface area (Å²) in [5.74, 6) is 1.19. The van der Waals surface area contributed by atoms with Crippen molar-refractivity contribution in [2.75, 3.05) is 12.4 Å². The Hall–Kier alpha value is -2.49. The van der Waals surface area contributed by atoms with Crippen LogP contribution in [0.3, 0.4) is 0 Å². The molecule has 0 aromatic heterocycles. The Kier molecular flexibility index (Phi) is 5.85. The van der Waals surface area contributed by atoms with Gasteiger partial charge < -0.3 is 14.8 Å². The average molecular weight is 327 g/mol. The number of aryl methyl sites for hydroxylation is 3. The molecule has 0 fully saturated rings. The summed E-state index contributed by atoms with van der Waals surface area (Å²) in [6, 6.07) is 11.6. The van der Waals surface area contributed by atoms with Crippen molar-refractivity contribution in [1.82, 2.24) is 0 Å². The van der Waals surface area contributed by atoms with Gasteiger partial charge in [-0.15, -0.1) is 0 Å². The molecule has 2 aromatic rings. The molecule has 2 aromatic carbocycles. The molecular formula is C20H25NO3. The topological polar surface area (TPSA) is 47.6 Å². The standard InChI is InChI=1S/C20H25NO3/c1-6-17(24-18-9-7-13(2)11-15(18)4)20(22)21-16-12-14(3)8-10-19(16)23-5/h7-12,17H,6H2,1-5H3,(H,21,22)/t17-/m0/s1. The third-order valence-corrected chi connectivity index (χ3v) is 3.88. The fraction of sp³-hybridized carbons (Fsp3) is 0.350. The van der Waals surface area contributed by atoms with E-state index >= 15 is 0 Å². The summed E-state index contributed by atoms with van der Waals surface area (Å²) in [5.41, 5.74) is 3.90. The maximum Gasteiger partial charge on any atom is 0.265 e. The van der Waals surface area contributed by atoms with E-state index in [2.05, 4.69) is 5.32 Å². The molecule has 1 atom stereocenters. The first-order chi connectivity index (χ1) is 11.4. The molecule has 2 rings (SSSR count). The van der Waals surface area contributed by atoms with Crippen molar-refractivity contribution in [3.8, 4) is 11.5 Å². The van der Waals surface area contributed by atoms with E-state index < -0.39 is 6.10 Å². The van der Waals surface area contributed by atoms with Gasteiger partial charge in [0.2, 0.25) is 0 Å². The van der Waals surface area contributed by atoms with Crippen molar-refractivity contribution >= 4 is 11.6 Å². The molecule has 0 unspecified atom stereocenters. The van der Waals surface area contributed by atoms with Crippen LogP contribution in [0.4, 0.5) is 5.69 Å². The fourth-order valence-electron chi connectivity index (χ4n) is 2.54. The molecule has 0 heterocycles. The summed E-state index contributed by atoms with van der Waals surface area (Å²) in [6.07, 6.45) is 0.0180. The normalized spacial score (nSPS) is 11.7. The average Bonchev–Trinajstić information content (AvgIpc) is 2.54. The lowest BCUT2D eigenvalue weighted by molar-refractivity contribution is -0.122. The maximum absolute atomic E-state index is 12.6. The Morgan fingerprint density at radius 1 is 1.04 bits per heavy atom. The first-order valence-electron chi connectivity index (χ1n) is 8.14. The fourth-order valence-corrected chi connectivity index (χ4v) is 2.54. The van der Waals surface area contributed by atoms with Crippen LogP contribution in [0.15, 0.2) is 36.4 Å². The van der Waals surface area contributed by atoms with Crippen molar-refractivity contribution in [1.29, 1.82) is 0 Å². The monoisotopic (exact) mass is 327 g/mol. The Labute approximate surface area is 143 Å². The molecule has 0 aliphatic rings.